The van der Waals surface area contributed by atoms with Gasteiger partial charge in [0.1, 0.15) is 0 Å². The molecule has 2 unspecified atom stereocenters. The Hall–Kier alpha value is 0.270. The predicted octanol–water partition coefficient (Wildman–Crippen LogP) is 2.20. The zero-order valence-electron chi connectivity index (χ0n) is 10.7. The highest BCUT2D eigenvalue weighted by Gasteiger charge is 2.26. The van der Waals surface area contributed by atoms with Crippen LogP contribution in [0.2, 0.25) is 0 Å². The molecule has 3 heteroatoms. The first-order valence-corrected chi connectivity index (χ1v) is 7.94. The number of hydrogen-bond acceptors (Lipinski definition) is 3. The molecule has 0 aromatic carbocycles. The number of rotatable bonds is 3. The maximum absolute atomic E-state index is 3.43. The van der Waals surface area contributed by atoms with Gasteiger partial charge in [-0.05, 0) is 63.6 Å². The number of likely N-dealkylation sites (tertiary alicyclic amines) is 1. The minimum Gasteiger partial charge on any atom is -0.317 e. The van der Waals surface area contributed by atoms with Crippen molar-refractivity contribution >= 4 is 11.8 Å². The molecular weight excluding hydrogens is 216 g/mol. The number of thioether (sulfide) groups is 1. The Labute approximate surface area is 105 Å². The smallest absolute Gasteiger partial charge is 0.00910 e. The Bertz CT molecular complexity index is 204. The lowest BCUT2D eigenvalue weighted by atomic mass is 9.95. The van der Waals surface area contributed by atoms with E-state index in [1.54, 1.807) is 0 Å². The lowest BCUT2D eigenvalue weighted by Crippen LogP contribution is -2.48. The molecule has 2 aliphatic rings. The van der Waals surface area contributed by atoms with Crippen LogP contribution in [-0.2, 0) is 0 Å². The summed E-state index contributed by atoms with van der Waals surface area (Å²) in [6, 6.07) is 1.54. The molecule has 2 heterocycles. The van der Waals surface area contributed by atoms with Crippen molar-refractivity contribution in [3.05, 3.63) is 0 Å². The average molecular weight is 242 g/mol. The predicted molar refractivity (Wildman–Crippen MR) is 73.2 cm³/mol. The summed E-state index contributed by atoms with van der Waals surface area (Å²) < 4.78 is 0. The first-order valence-electron chi connectivity index (χ1n) is 6.78. The number of nitrogens with one attached hydrogen (secondary N) is 1. The lowest BCUT2D eigenvalue weighted by Gasteiger charge is -2.40. The van der Waals surface area contributed by atoms with Crippen molar-refractivity contribution in [2.45, 2.75) is 44.7 Å². The second kappa shape index (κ2) is 6.27. The Kier molecular flexibility index (Phi) is 4.98. The van der Waals surface area contributed by atoms with E-state index in [1.807, 2.05) is 0 Å². The third-order valence-corrected chi connectivity index (χ3v) is 5.30. The van der Waals surface area contributed by atoms with Gasteiger partial charge in [-0.3, -0.25) is 0 Å². The number of hydrogen-bond donors (Lipinski definition) is 1. The fourth-order valence-corrected chi connectivity index (χ4v) is 4.22. The molecule has 2 rings (SSSR count). The molecule has 0 aromatic rings. The van der Waals surface area contributed by atoms with Gasteiger partial charge in [0.15, 0.2) is 0 Å². The van der Waals surface area contributed by atoms with Crippen molar-refractivity contribution in [1.29, 1.82) is 0 Å². The molecule has 0 spiro atoms. The number of nitrogens with zero attached hydrogens (tertiary/aromatic N) is 1. The van der Waals surface area contributed by atoms with Gasteiger partial charge in [-0.1, -0.05) is 0 Å². The molecule has 0 saturated carbocycles. The van der Waals surface area contributed by atoms with Crippen LogP contribution in [-0.4, -0.2) is 48.6 Å². The van der Waals surface area contributed by atoms with Gasteiger partial charge in [0, 0.05) is 18.6 Å². The molecule has 1 N–H and O–H groups in total. The second-order valence-electron chi connectivity index (χ2n) is 5.41. The van der Waals surface area contributed by atoms with Crippen molar-refractivity contribution in [2.75, 3.05) is 31.6 Å². The summed E-state index contributed by atoms with van der Waals surface area (Å²) in [5.74, 6) is 3.77. The summed E-state index contributed by atoms with van der Waals surface area (Å²) in [6.45, 7) is 5.07. The van der Waals surface area contributed by atoms with Crippen molar-refractivity contribution in [2.24, 2.45) is 5.92 Å². The van der Waals surface area contributed by atoms with Gasteiger partial charge in [0.05, 0.1) is 0 Å². The van der Waals surface area contributed by atoms with Gasteiger partial charge in [0.25, 0.3) is 0 Å². The van der Waals surface area contributed by atoms with Crippen LogP contribution in [0.4, 0.5) is 0 Å². The average Bonchev–Trinajstić information content (AvgIpc) is 2.33. The minimum absolute atomic E-state index is 0.758. The third-order valence-electron chi connectivity index (χ3n) is 4.26. The molecule has 2 fully saturated rings. The summed E-state index contributed by atoms with van der Waals surface area (Å²) in [5.41, 5.74) is 0. The second-order valence-corrected chi connectivity index (χ2v) is 6.63. The van der Waals surface area contributed by atoms with Crippen molar-refractivity contribution in [3.63, 3.8) is 0 Å². The molecule has 94 valence electrons. The van der Waals surface area contributed by atoms with Crippen LogP contribution in [0.1, 0.15) is 32.6 Å². The van der Waals surface area contributed by atoms with Gasteiger partial charge < -0.3 is 10.2 Å². The topological polar surface area (TPSA) is 15.3 Å². The Morgan fingerprint density at radius 2 is 2.00 bits per heavy atom. The molecule has 2 aliphatic heterocycles. The van der Waals surface area contributed by atoms with Crippen LogP contribution in [0, 0.1) is 5.92 Å². The zero-order chi connectivity index (χ0) is 11.4. The molecule has 2 nitrogen and oxygen atoms in total. The molecule has 0 aliphatic carbocycles. The van der Waals surface area contributed by atoms with Crippen LogP contribution in [0.3, 0.4) is 0 Å². The largest absolute Gasteiger partial charge is 0.317 e. The minimum atomic E-state index is 0.758. The van der Waals surface area contributed by atoms with Gasteiger partial charge in [-0.15, -0.1) is 0 Å². The highest BCUT2D eigenvalue weighted by atomic mass is 32.2. The van der Waals surface area contributed by atoms with E-state index >= 15 is 0 Å². The van der Waals surface area contributed by atoms with E-state index in [2.05, 4.69) is 35.9 Å². The fourth-order valence-electron chi connectivity index (χ4n) is 3.01. The molecule has 0 bridgehead atoms. The monoisotopic (exact) mass is 242 g/mol. The van der Waals surface area contributed by atoms with E-state index in [0.717, 1.165) is 18.0 Å². The first kappa shape index (κ1) is 12.7. The van der Waals surface area contributed by atoms with Crippen LogP contribution < -0.4 is 5.32 Å². The third kappa shape index (κ3) is 3.38. The first-order chi connectivity index (χ1) is 7.79. The summed E-state index contributed by atoms with van der Waals surface area (Å²) >= 11 is 2.14. The van der Waals surface area contributed by atoms with E-state index in [1.165, 1.54) is 50.3 Å². The molecule has 0 aromatic heterocycles. The van der Waals surface area contributed by atoms with Crippen molar-refractivity contribution in [3.8, 4) is 0 Å². The maximum Gasteiger partial charge on any atom is 0.00910 e. The highest BCUT2D eigenvalue weighted by Crippen LogP contribution is 2.26. The van der Waals surface area contributed by atoms with Crippen LogP contribution >= 0.6 is 11.8 Å². The van der Waals surface area contributed by atoms with Crippen LogP contribution in [0.25, 0.3) is 0 Å². The molecule has 0 radical (unpaired) electrons. The molecule has 16 heavy (non-hydrogen) atoms. The van der Waals surface area contributed by atoms with Crippen LogP contribution in [0.15, 0.2) is 0 Å². The maximum atomic E-state index is 3.43. The SMILES string of the molecule is CNC1CCN(CC2CCSCC2)C(C)C1. The van der Waals surface area contributed by atoms with Crippen molar-refractivity contribution in [1.82, 2.24) is 10.2 Å². The van der Waals surface area contributed by atoms with Gasteiger partial charge in [-0.2, -0.15) is 11.8 Å². The number of piperidine rings is 1. The summed E-state index contributed by atoms with van der Waals surface area (Å²) in [7, 11) is 2.10. The zero-order valence-corrected chi connectivity index (χ0v) is 11.6. The Morgan fingerprint density at radius 1 is 1.25 bits per heavy atom. The summed E-state index contributed by atoms with van der Waals surface area (Å²) in [4.78, 5) is 2.73. The Morgan fingerprint density at radius 3 is 2.62 bits per heavy atom. The van der Waals surface area contributed by atoms with E-state index in [0.29, 0.717) is 0 Å². The quantitative estimate of drug-likeness (QED) is 0.817. The van der Waals surface area contributed by atoms with Crippen molar-refractivity contribution < 1.29 is 0 Å². The summed E-state index contributed by atoms with van der Waals surface area (Å²) in [5, 5.41) is 3.43. The van der Waals surface area contributed by atoms with E-state index in [-0.39, 0.29) is 0 Å². The Balaban J connectivity index is 1.76. The molecule has 2 saturated heterocycles. The van der Waals surface area contributed by atoms with Gasteiger partial charge in [0.2, 0.25) is 0 Å². The molecular formula is C13H26N2S. The van der Waals surface area contributed by atoms with Gasteiger partial charge in [-0.25, -0.2) is 0 Å². The molecule has 0 amide bonds. The lowest BCUT2D eigenvalue weighted by molar-refractivity contribution is 0.115. The van der Waals surface area contributed by atoms with E-state index in [4.69, 9.17) is 0 Å². The highest BCUT2D eigenvalue weighted by molar-refractivity contribution is 7.99. The van der Waals surface area contributed by atoms with E-state index in [9.17, 15) is 0 Å². The standard InChI is InChI=1S/C13H26N2S/c1-11-9-13(14-2)3-6-15(11)10-12-4-7-16-8-5-12/h11-14H,3-10H2,1-2H3. The van der Waals surface area contributed by atoms with E-state index < -0.39 is 0 Å². The van der Waals surface area contributed by atoms with Crippen LogP contribution in [0.5, 0.6) is 0 Å². The fraction of sp³-hybridized carbons (Fsp3) is 1.00. The normalized spacial score (nSPS) is 34.1. The molecule has 2 atom stereocenters. The van der Waals surface area contributed by atoms with Gasteiger partial charge >= 0.3 is 0 Å². The summed E-state index contributed by atoms with van der Waals surface area (Å²) in [6.07, 6.45) is 5.56.